The molecule has 2 heterocycles. The van der Waals surface area contributed by atoms with Crippen molar-refractivity contribution < 1.29 is 4.79 Å². The van der Waals surface area contributed by atoms with E-state index in [4.69, 9.17) is 5.73 Å². The van der Waals surface area contributed by atoms with Crippen LogP contribution in [0.2, 0.25) is 0 Å². The van der Waals surface area contributed by atoms with Gasteiger partial charge >= 0.3 is 0 Å². The molecule has 0 radical (unpaired) electrons. The lowest BCUT2D eigenvalue weighted by molar-refractivity contribution is 0.0779. The number of aromatic nitrogens is 1. The topological polar surface area (TPSA) is 59.2 Å². The molecule has 2 aromatic heterocycles. The van der Waals surface area contributed by atoms with Crippen molar-refractivity contribution >= 4 is 33.1 Å². The zero-order chi connectivity index (χ0) is 15.0. The number of rotatable bonds is 3. The fourth-order valence-corrected chi connectivity index (χ4v) is 4.22. The predicted octanol–water partition coefficient (Wildman–Crippen LogP) is 3.45. The van der Waals surface area contributed by atoms with Crippen molar-refractivity contribution in [2.24, 2.45) is 5.92 Å². The van der Waals surface area contributed by atoms with Crippen LogP contribution in [0.5, 0.6) is 0 Å². The number of amides is 1. The highest BCUT2D eigenvalue weighted by Gasteiger charge is 2.24. The lowest BCUT2D eigenvalue weighted by Gasteiger charge is -2.20. The van der Waals surface area contributed by atoms with E-state index in [1.807, 2.05) is 31.0 Å². The molecule has 21 heavy (non-hydrogen) atoms. The molecule has 0 spiro atoms. The first-order chi connectivity index (χ1) is 10.1. The fraction of sp³-hybridized carbons (Fsp3) is 0.500. The van der Waals surface area contributed by atoms with Gasteiger partial charge in [-0.25, -0.2) is 4.98 Å². The molecule has 0 bridgehead atoms. The Hall–Kier alpha value is -1.62. The van der Waals surface area contributed by atoms with E-state index in [0.717, 1.165) is 22.5 Å². The summed E-state index contributed by atoms with van der Waals surface area (Å²) in [4.78, 5) is 20.4. The molecule has 4 nitrogen and oxygen atoms in total. The van der Waals surface area contributed by atoms with E-state index in [9.17, 15) is 4.79 Å². The van der Waals surface area contributed by atoms with Gasteiger partial charge in [0.05, 0.1) is 5.69 Å². The van der Waals surface area contributed by atoms with Crippen molar-refractivity contribution in [3.63, 3.8) is 0 Å². The lowest BCUT2D eigenvalue weighted by atomic mass is 10.1. The molecule has 0 saturated heterocycles. The number of hydrogen-bond donors (Lipinski definition) is 1. The Morgan fingerprint density at radius 2 is 2.14 bits per heavy atom. The van der Waals surface area contributed by atoms with Crippen LogP contribution in [0.15, 0.2) is 12.1 Å². The van der Waals surface area contributed by atoms with Gasteiger partial charge in [0, 0.05) is 24.7 Å². The molecule has 1 aliphatic rings. The molecular weight excluding hydrogens is 282 g/mol. The van der Waals surface area contributed by atoms with E-state index in [1.165, 1.54) is 37.0 Å². The normalized spacial score (nSPS) is 15.7. The van der Waals surface area contributed by atoms with E-state index in [0.29, 0.717) is 16.5 Å². The molecule has 1 amide bonds. The maximum atomic E-state index is 12.6. The maximum Gasteiger partial charge on any atom is 0.265 e. The van der Waals surface area contributed by atoms with Gasteiger partial charge in [-0.1, -0.05) is 12.8 Å². The minimum atomic E-state index is 0.0278. The Kier molecular flexibility index (Phi) is 3.85. The minimum Gasteiger partial charge on any atom is -0.397 e. The average Bonchev–Trinajstić information content (AvgIpc) is 3.06. The summed E-state index contributed by atoms with van der Waals surface area (Å²) in [5.74, 6) is 0.676. The van der Waals surface area contributed by atoms with Gasteiger partial charge in [0.2, 0.25) is 0 Å². The third-order valence-electron chi connectivity index (χ3n) is 4.28. The number of thiophene rings is 1. The molecule has 0 aliphatic heterocycles. The van der Waals surface area contributed by atoms with Gasteiger partial charge in [0.15, 0.2) is 0 Å². The largest absolute Gasteiger partial charge is 0.397 e. The summed E-state index contributed by atoms with van der Waals surface area (Å²) in [6, 6.07) is 3.89. The standard InChI is InChI=1S/C16H21N3OS/c1-10-7-8-12-13(17)14(21-15(12)18-10)16(20)19(2)9-11-5-3-4-6-11/h7-8,11H,3-6,9,17H2,1-2H3. The average molecular weight is 303 g/mol. The number of fused-ring (bicyclic) bond motifs is 1. The summed E-state index contributed by atoms with van der Waals surface area (Å²) >= 11 is 1.41. The SMILES string of the molecule is Cc1ccc2c(N)c(C(=O)N(C)CC3CCCC3)sc2n1. The van der Waals surface area contributed by atoms with Crippen molar-refractivity contribution in [1.29, 1.82) is 0 Å². The number of hydrogen-bond acceptors (Lipinski definition) is 4. The van der Waals surface area contributed by atoms with Crippen molar-refractivity contribution in [2.75, 3.05) is 19.3 Å². The number of nitrogen functional groups attached to an aromatic ring is 1. The molecule has 5 heteroatoms. The van der Waals surface area contributed by atoms with Crippen LogP contribution in [0.25, 0.3) is 10.2 Å². The quantitative estimate of drug-likeness (QED) is 0.944. The monoisotopic (exact) mass is 303 g/mol. The summed E-state index contributed by atoms with van der Waals surface area (Å²) in [6.07, 6.45) is 5.06. The Morgan fingerprint density at radius 1 is 1.43 bits per heavy atom. The Balaban J connectivity index is 1.84. The van der Waals surface area contributed by atoms with E-state index < -0.39 is 0 Å². The van der Waals surface area contributed by atoms with Crippen molar-refractivity contribution in [3.8, 4) is 0 Å². The van der Waals surface area contributed by atoms with Gasteiger partial charge in [-0.3, -0.25) is 4.79 Å². The zero-order valence-corrected chi connectivity index (χ0v) is 13.4. The molecule has 1 saturated carbocycles. The van der Waals surface area contributed by atoms with Gasteiger partial charge in [0.25, 0.3) is 5.91 Å². The number of carbonyl (C=O) groups is 1. The van der Waals surface area contributed by atoms with E-state index in [-0.39, 0.29) is 5.91 Å². The molecule has 112 valence electrons. The van der Waals surface area contributed by atoms with Crippen LogP contribution in [-0.4, -0.2) is 29.4 Å². The van der Waals surface area contributed by atoms with Gasteiger partial charge < -0.3 is 10.6 Å². The first kappa shape index (κ1) is 14.3. The molecule has 0 unspecified atom stereocenters. The fourth-order valence-electron chi connectivity index (χ4n) is 3.08. The molecule has 0 atom stereocenters. The smallest absolute Gasteiger partial charge is 0.265 e. The Morgan fingerprint density at radius 3 is 2.86 bits per heavy atom. The second-order valence-electron chi connectivity index (χ2n) is 5.99. The molecule has 2 N–H and O–H groups in total. The van der Waals surface area contributed by atoms with Crippen LogP contribution in [0, 0.1) is 12.8 Å². The van der Waals surface area contributed by atoms with Crippen LogP contribution in [0.3, 0.4) is 0 Å². The van der Waals surface area contributed by atoms with Crippen LogP contribution in [-0.2, 0) is 0 Å². The first-order valence-corrected chi connectivity index (χ1v) is 8.29. The van der Waals surface area contributed by atoms with Gasteiger partial charge in [-0.05, 0) is 37.8 Å². The highest BCUT2D eigenvalue weighted by atomic mass is 32.1. The number of aryl methyl sites for hydroxylation is 1. The molecule has 1 aliphatic carbocycles. The second kappa shape index (κ2) is 5.64. The zero-order valence-electron chi connectivity index (χ0n) is 12.6. The minimum absolute atomic E-state index is 0.0278. The van der Waals surface area contributed by atoms with Gasteiger partial charge in [0.1, 0.15) is 9.71 Å². The van der Waals surface area contributed by atoms with Crippen LogP contribution in [0.4, 0.5) is 5.69 Å². The van der Waals surface area contributed by atoms with Crippen molar-refractivity contribution in [2.45, 2.75) is 32.6 Å². The van der Waals surface area contributed by atoms with Gasteiger partial charge in [-0.15, -0.1) is 11.3 Å². The summed E-state index contributed by atoms with van der Waals surface area (Å²) in [7, 11) is 1.88. The number of anilines is 1. The predicted molar refractivity (Wildman–Crippen MR) is 87.7 cm³/mol. The molecule has 2 aromatic rings. The third kappa shape index (κ3) is 2.75. The number of nitrogens with two attached hydrogens (primary N) is 1. The molecular formula is C16H21N3OS. The van der Waals surface area contributed by atoms with E-state index in [2.05, 4.69) is 4.98 Å². The first-order valence-electron chi connectivity index (χ1n) is 7.47. The van der Waals surface area contributed by atoms with Crippen molar-refractivity contribution in [3.05, 3.63) is 22.7 Å². The maximum absolute atomic E-state index is 12.6. The Labute approximate surface area is 129 Å². The highest BCUT2D eigenvalue weighted by molar-refractivity contribution is 7.21. The third-order valence-corrected chi connectivity index (χ3v) is 5.38. The van der Waals surface area contributed by atoms with Crippen LogP contribution >= 0.6 is 11.3 Å². The van der Waals surface area contributed by atoms with E-state index >= 15 is 0 Å². The van der Waals surface area contributed by atoms with Crippen molar-refractivity contribution in [1.82, 2.24) is 9.88 Å². The van der Waals surface area contributed by atoms with Gasteiger partial charge in [-0.2, -0.15) is 0 Å². The summed E-state index contributed by atoms with van der Waals surface area (Å²) < 4.78 is 0. The van der Waals surface area contributed by atoms with Crippen LogP contribution in [0.1, 0.15) is 41.0 Å². The second-order valence-corrected chi connectivity index (χ2v) is 6.99. The summed E-state index contributed by atoms with van der Waals surface area (Å²) in [6.45, 7) is 2.78. The number of pyridine rings is 1. The van der Waals surface area contributed by atoms with E-state index in [1.54, 1.807) is 0 Å². The summed E-state index contributed by atoms with van der Waals surface area (Å²) in [5.41, 5.74) is 7.68. The Bertz CT molecular complexity index is 673. The number of nitrogens with zero attached hydrogens (tertiary/aromatic N) is 2. The number of carbonyl (C=O) groups excluding carboxylic acids is 1. The van der Waals surface area contributed by atoms with Crippen LogP contribution < -0.4 is 5.73 Å². The lowest BCUT2D eigenvalue weighted by Crippen LogP contribution is -2.31. The molecule has 1 fully saturated rings. The molecule has 3 rings (SSSR count). The molecule has 0 aromatic carbocycles. The highest BCUT2D eigenvalue weighted by Crippen LogP contribution is 2.34. The summed E-state index contributed by atoms with van der Waals surface area (Å²) in [5, 5.41) is 0.892.